The molecule has 1 aromatic carbocycles. The van der Waals surface area contributed by atoms with E-state index < -0.39 is 0 Å². The summed E-state index contributed by atoms with van der Waals surface area (Å²) in [6.07, 6.45) is 1.44. The molecule has 2 aromatic rings. The lowest BCUT2D eigenvalue weighted by Gasteiger charge is -2.26. The number of H-pyrrole nitrogens is 1. The largest absolute Gasteiger partial charge is 0.483 e. The Morgan fingerprint density at radius 3 is 2.79 bits per heavy atom. The lowest BCUT2D eigenvalue weighted by Crippen LogP contribution is -2.38. The fourth-order valence-corrected chi connectivity index (χ4v) is 3.54. The van der Waals surface area contributed by atoms with Crippen LogP contribution in [0.5, 0.6) is 5.75 Å². The first kappa shape index (κ1) is 16.9. The molecular weight excluding hydrogens is 348 g/mol. The number of hydrogen-bond donors (Lipinski definition) is 1. The maximum absolute atomic E-state index is 12.4. The van der Waals surface area contributed by atoms with E-state index in [9.17, 15) is 9.59 Å². The Kier molecular flexibility index (Phi) is 5.48. The highest BCUT2D eigenvalue weighted by Gasteiger charge is 2.19. The van der Waals surface area contributed by atoms with Gasteiger partial charge in [-0.05, 0) is 17.7 Å². The van der Waals surface area contributed by atoms with Crippen LogP contribution in [0.3, 0.4) is 0 Å². The summed E-state index contributed by atoms with van der Waals surface area (Å²) in [7, 11) is 0. The van der Waals surface area contributed by atoms with Gasteiger partial charge in [0.1, 0.15) is 12.3 Å². The Bertz CT molecular complexity index is 787. The summed E-state index contributed by atoms with van der Waals surface area (Å²) in [6.45, 7) is 1.65. The zero-order valence-corrected chi connectivity index (χ0v) is 14.5. The minimum absolute atomic E-state index is 0.145. The zero-order chi connectivity index (χ0) is 16.9. The van der Waals surface area contributed by atoms with E-state index in [2.05, 4.69) is 4.98 Å². The maximum Gasteiger partial charge on any atom is 0.270 e. The van der Waals surface area contributed by atoms with Crippen LogP contribution in [0.4, 0.5) is 0 Å². The van der Waals surface area contributed by atoms with Gasteiger partial charge in [0.25, 0.3) is 5.91 Å². The van der Waals surface area contributed by atoms with E-state index in [0.717, 1.165) is 17.1 Å². The molecule has 1 amide bonds. The number of ether oxygens (including phenoxy) is 1. The Labute approximate surface area is 149 Å². The number of carbonyl (C=O) groups is 1. The first-order chi connectivity index (χ1) is 11.6. The second kappa shape index (κ2) is 7.77. The second-order valence-corrected chi connectivity index (χ2v) is 7.06. The predicted octanol–water partition coefficient (Wildman–Crippen LogP) is 2.80. The number of carbonyl (C=O) groups excluding carboxylic acids is 1. The molecule has 7 heteroatoms. The van der Waals surface area contributed by atoms with Gasteiger partial charge in [-0.15, -0.1) is 0 Å². The standard InChI is InChI=1S/C17H17ClN2O3S/c18-13-3-1-2-12(8-13)11-23-16-10-19-14(9-15(16)21)17(22)20-4-6-24-7-5-20/h1-3,8-10H,4-7,11H2,(H,19,21). The van der Waals surface area contributed by atoms with Crippen molar-refractivity contribution in [3.05, 3.63) is 63.0 Å². The third-order valence-electron chi connectivity index (χ3n) is 3.69. The van der Waals surface area contributed by atoms with Crippen LogP contribution in [0.15, 0.2) is 41.3 Å². The minimum Gasteiger partial charge on any atom is -0.483 e. The number of nitrogens with zero attached hydrogens (tertiary/aromatic N) is 1. The minimum atomic E-state index is -0.314. The SMILES string of the molecule is O=C(c1cc(=O)c(OCc2cccc(Cl)c2)c[nH]1)N1CCSCC1. The van der Waals surface area contributed by atoms with Crippen LogP contribution >= 0.6 is 23.4 Å². The van der Waals surface area contributed by atoms with Crippen molar-refractivity contribution in [2.24, 2.45) is 0 Å². The van der Waals surface area contributed by atoms with Crippen LogP contribution in [0.1, 0.15) is 16.1 Å². The number of rotatable bonds is 4. The molecule has 0 saturated carbocycles. The van der Waals surface area contributed by atoms with Crippen molar-refractivity contribution in [3.63, 3.8) is 0 Å². The Morgan fingerprint density at radius 2 is 2.08 bits per heavy atom. The lowest BCUT2D eigenvalue weighted by molar-refractivity contribution is 0.0766. The molecule has 3 rings (SSSR count). The van der Waals surface area contributed by atoms with Gasteiger partial charge in [-0.2, -0.15) is 11.8 Å². The van der Waals surface area contributed by atoms with Crippen molar-refractivity contribution in [2.75, 3.05) is 24.6 Å². The smallest absolute Gasteiger partial charge is 0.270 e. The number of halogens is 1. The average molecular weight is 365 g/mol. The van der Waals surface area contributed by atoms with Crippen molar-refractivity contribution in [1.29, 1.82) is 0 Å². The maximum atomic E-state index is 12.4. The summed E-state index contributed by atoms with van der Waals surface area (Å²) in [5.74, 6) is 1.89. The molecule has 0 bridgehead atoms. The molecule has 24 heavy (non-hydrogen) atoms. The van der Waals surface area contributed by atoms with Crippen LogP contribution < -0.4 is 10.2 Å². The lowest BCUT2D eigenvalue weighted by atomic mass is 10.2. The first-order valence-electron chi connectivity index (χ1n) is 7.60. The first-order valence-corrected chi connectivity index (χ1v) is 9.14. The summed E-state index contributed by atoms with van der Waals surface area (Å²) in [5, 5.41) is 0.616. The number of nitrogens with one attached hydrogen (secondary N) is 1. The van der Waals surface area contributed by atoms with Gasteiger partial charge in [-0.1, -0.05) is 23.7 Å². The van der Waals surface area contributed by atoms with Gasteiger partial charge in [0, 0.05) is 41.9 Å². The van der Waals surface area contributed by atoms with Gasteiger partial charge in [-0.3, -0.25) is 9.59 Å². The molecule has 0 unspecified atom stereocenters. The van der Waals surface area contributed by atoms with Crippen LogP contribution in [0.2, 0.25) is 5.02 Å². The Balaban J connectivity index is 1.68. The number of hydrogen-bond acceptors (Lipinski definition) is 4. The molecule has 0 spiro atoms. The fourth-order valence-electron chi connectivity index (χ4n) is 2.42. The monoisotopic (exact) mass is 364 g/mol. The van der Waals surface area contributed by atoms with Crippen molar-refractivity contribution in [3.8, 4) is 5.75 Å². The molecule has 1 aliphatic heterocycles. The molecule has 1 saturated heterocycles. The predicted molar refractivity (Wildman–Crippen MR) is 96.1 cm³/mol. The van der Waals surface area contributed by atoms with Gasteiger partial charge in [0.15, 0.2) is 5.75 Å². The summed E-state index contributed by atoms with van der Waals surface area (Å²) >= 11 is 7.75. The van der Waals surface area contributed by atoms with Crippen molar-refractivity contribution in [2.45, 2.75) is 6.61 Å². The molecule has 126 valence electrons. The van der Waals surface area contributed by atoms with Gasteiger partial charge < -0.3 is 14.6 Å². The molecule has 1 aliphatic rings. The van der Waals surface area contributed by atoms with E-state index in [1.807, 2.05) is 23.9 Å². The van der Waals surface area contributed by atoms with E-state index >= 15 is 0 Å². The summed E-state index contributed by atoms with van der Waals surface area (Å²) in [6, 6.07) is 8.55. The molecule has 0 atom stereocenters. The topological polar surface area (TPSA) is 62.4 Å². The molecule has 0 aliphatic carbocycles. The Morgan fingerprint density at radius 1 is 1.29 bits per heavy atom. The highest BCUT2D eigenvalue weighted by Crippen LogP contribution is 2.14. The third kappa shape index (κ3) is 4.13. The van der Waals surface area contributed by atoms with Crippen LogP contribution in [0, 0.1) is 0 Å². The van der Waals surface area contributed by atoms with Crippen LogP contribution in [-0.2, 0) is 6.61 Å². The number of pyridine rings is 1. The van der Waals surface area contributed by atoms with E-state index in [0.29, 0.717) is 23.8 Å². The Hall–Kier alpha value is -1.92. The number of thioether (sulfide) groups is 1. The zero-order valence-electron chi connectivity index (χ0n) is 13.0. The van der Waals surface area contributed by atoms with Gasteiger partial charge in [0.2, 0.25) is 5.43 Å². The normalized spacial score (nSPS) is 14.5. The van der Waals surface area contributed by atoms with Gasteiger partial charge >= 0.3 is 0 Å². The number of amides is 1. The number of aromatic nitrogens is 1. The quantitative estimate of drug-likeness (QED) is 0.906. The molecule has 5 nitrogen and oxygen atoms in total. The van der Waals surface area contributed by atoms with Gasteiger partial charge in [-0.25, -0.2) is 0 Å². The summed E-state index contributed by atoms with van der Waals surface area (Å²) < 4.78 is 5.53. The molecule has 1 aromatic heterocycles. The molecule has 1 fully saturated rings. The molecule has 1 N–H and O–H groups in total. The molecule has 2 heterocycles. The van der Waals surface area contributed by atoms with E-state index in [1.165, 1.54) is 12.3 Å². The fraction of sp³-hybridized carbons (Fsp3) is 0.294. The highest BCUT2D eigenvalue weighted by atomic mass is 35.5. The van der Waals surface area contributed by atoms with Crippen molar-refractivity contribution in [1.82, 2.24) is 9.88 Å². The summed E-state index contributed by atoms with van der Waals surface area (Å²) in [5.41, 5.74) is 0.848. The third-order valence-corrected chi connectivity index (χ3v) is 4.87. The van der Waals surface area contributed by atoms with E-state index in [1.54, 1.807) is 17.0 Å². The number of aromatic amines is 1. The van der Waals surface area contributed by atoms with E-state index in [-0.39, 0.29) is 23.7 Å². The van der Waals surface area contributed by atoms with Crippen LogP contribution in [0.25, 0.3) is 0 Å². The van der Waals surface area contributed by atoms with Crippen molar-refractivity contribution < 1.29 is 9.53 Å². The number of benzene rings is 1. The average Bonchev–Trinajstić information content (AvgIpc) is 2.61. The second-order valence-electron chi connectivity index (χ2n) is 5.40. The molecular formula is C17H17ClN2O3S. The van der Waals surface area contributed by atoms with Gasteiger partial charge in [0.05, 0.1) is 0 Å². The molecule has 0 radical (unpaired) electrons. The van der Waals surface area contributed by atoms with Crippen molar-refractivity contribution >= 4 is 29.3 Å². The highest BCUT2D eigenvalue weighted by molar-refractivity contribution is 7.99. The summed E-state index contributed by atoms with van der Waals surface area (Å²) in [4.78, 5) is 29.2. The van der Waals surface area contributed by atoms with Crippen LogP contribution in [-0.4, -0.2) is 40.4 Å². The van der Waals surface area contributed by atoms with E-state index in [4.69, 9.17) is 16.3 Å².